The third-order valence-corrected chi connectivity index (χ3v) is 3.80. The van der Waals surface area contributed by atoms with Crippen molar-refractivity contribution in [2.45, 2.75) is 19.5 Å². The van der Waals surface area contributed by atoms with Gasteiger partial charge in [0.15, 0.2) is 11.6 Å². The van der Waals surface area contributed by atoms with Crippen LogP contribution in [0.3, 0.4) is 0 Å². The monoisotopic (exact) mass is 334 g/mol. The number of hydrogen-bond acceptors (Lipinski definition) is 3. The van der Waals surface area contributed by atoms with Crippen molar-refractivity contribution >= 4 is 11.6 Å². The van der Waals surface area contributed by atoms with Crippen molar-refractivity contribution in [2.24, 2.45) is 0 Å². The van der Waals surface area contributed by atoms with Gasteiger partial charge in [0, 0.05) is 12.2 Å². The number of benzene rings is 2. The van der Waals surface area contributed by atoms with Crippen LogP contribution in [0.15, 0.2) is 42.5 Å². The largest absolute Gasteiger partial charge is 0.494 e. The van der Waals surface area contributed by atoms with Crippen LogP contribution in [-0.4, -0.2) is 31.0 Å². The lowest BCUT2D eigenvalue weighted by Gasteiger charge is -2.24. The fraction of sp³-hybridized carbons (Fsp3) is 0.278. The Morgan fingerprint density at radius 3 is 2.46 bits per heavy atom. The number of rotatable bonds is 6. The number of nitrogens with one attached hydrogen (secondary N) is 1. The van der Waals surface area contributed by atoms with Crippen LogP contribution in [0.5, 0.6) is 5.75 Å². The number of carbonyl (C=O) groups is 1. The third kappa shape index (κ3) is 4.52. The average molecular weight is 334 g/mol. The highest BCUT2D eigenvalue weighted by atomic mass is 19.1. The molecule has 0 saturated carbocycles. The van der Waals surface area contributed by atoms with Gasteiger partial charge in [-0.05, 0) is 55.9 Å². The van der Waals surface area contributed by atoms with E-state index in [4.69, 9.17) is 4.74 Å². The van der Waals surface area contributed by atoms with Gasteiger partial charge in [0.1, 0.15) is 5.82 Å². The molecule has 4 nitrogen and oxygen atoms in total. The molecule has 0 aliphatic carbocycles. The van der Waals surface area contributed by atoms with Crippen molar-refractivity contribution < 1.29 is 18.3 Å². The summed E-state index contributed by atoms with van der Waals surface area (Å²) in [5.74, 6) is -0.840. The zero-order valence-electron chi connectivity index (χ0n) is 13.8. The fourth-order valence-corrected chi connectivity index (χ4v) is 2.21. The number of carbonyl (C=O) groups excluding carboxylic acids is 1. The van der Waals surface area contributed by atoms with Gasteiger partial charge in [-0.15, -0.1) is 0 Å². The summed E-state index contributed by atoms with van der Waals surface area (Å²) in [6, 6.07) is 9.82. The molecule has 6 heteroatoms. The molecule has 2 aromatic carbocycles. The van der Waals surface area contributed by atoms with Gasteiger partial charge in [-0.3, -0.25) is 9.69 Å². The predicted octanol–water partition coefficient (Wildman–Crippen LogP) is 3.43. The lowest BCUT2D eigenvalue weighted by molar-refractivity contribution is -0.120. The lowest BCUT2D eigenvalue weighted by atomic mass is 10.1. The van der Waals surface area contributed by atoms with Crippen molar-refractivity contribution in [2.75, 3.05) is 19.5 Å². The molecule has 24 heavy (non-hydrogen) atoms. The Labute approximate surface area is 140 Å². The van der Waals surface area contributed by atoms with E-state index in [-0.39, 0.29) is 17.5 Å². The molecule has 0 bridgehead atoms. The molecule has 0 radical (unpaired) electrons. The Morgan fingerprint density at radius 1 is 1.21 bits per heavy atom. The summed E-state index contributed by atoms with van der Waals surface area (Å²) in [7, 11) is 3.18. The quantitative estimate of drug-likeness (QED) is 0.880. The summed E-state index contributed by atoms with van der Waals surface area (Å²) in [6.07, 6.45) is 0. The van der Waals surface area contributed by atoms with Crippen LogP contribution in [0.2, 0.25) is 0 Å². The van der Waals surface area contributed by atoms with Gasteiger partial charge in [0.2, 0.25) is 5.91 Å². The van der Waals surface area contributed by atoms with Gasteiger partial charge >= 0.3 is 0 Å². The number of likely N-dealkylation sites (N-methyl/N-ethyl adjacent to an activating group) is 1. The SMILES string of the molecule is COc1ccc(CN(C)C(C)C(=O)Nc2ccc(F)cc2)cc1F. The van der Waals surface area contributed by atoms with Crippen LogP contribution in [0, 0.1) is 11.6 Å². The maximum Gasteiger partial charge on any atom is 0.241 e. The van der Waals surface area contributed by atoms with E-state index >= 15 is 0 Å². The van der Waals surface area contributed by atoms with Gasteiger partial charge in [-0.1, -0.05) is 6.07 Å². The van der Waals surface area contributed by atoms with Crippen LogP contribution in [0.1, 0.15) is 12.5 Å². The second-order valence-electron chi connectivity index (χ2n) is 5.56. The molecule has 0 aromatic heterocycles. The van der Waals surface area contributed by atoms with Gasteiger partial charge in [0.25, 0.3) is 0 Å². The number of methoxy groups -OCH3 is 1. The summed E-state index contributed by atoms with van der Waals surface area (Å²) in [5, 5.41) is 2.72. The zero-order valence-corrected chi connectivity index (χ0v) is 13.8. The second-order valence-corrected chi connectivity index (χ2v) is 5.56. The summed E-state index contributed by atoms with van der Waals surface area (Å²) in [4.78, 5) is 14.0. The van der Waals surface area contributed by atoms with E-state index in [1.54, 1.807) is 31.0 Å². The van der Waals surface area contributed by atoms with Crippen molar-refractivity contribution in [3.05, 3.63) is 59.7 Å². The number of ether oxygens (including phenoxy) is 1. The first-order chi connectivity index (χ1) is 11.4. The Balaban J connectivity index is 1.97. The highest BCUT2D eigenvalue weighted by Gasteiger charge is 2.18. The summed E-state index contributed by atoms with van der Waals surface area (Å²) in [5.41, 5.74) is 1.26. The van der Waals surface area contributed by atoms with Crippen LogP contribution in [0.4, 0.5) is 14.5 Å². The molecule has 1 amide bonds. The Kier molecular flexibility index (Phi) is 5.87. The Hall–Kier alpha value is -2.47. The molecule has 128 valence electrons. The van der Waals surface area contributed by atoms with Crippen molar-refractivity contribution in [3.63, 3.8) is 0 Å². The van der Waals surface area contributed by atoms with Crippen molar-refractivity contribution in [1.82, 2.24) is 4.90 Å². The van der Waals surface area contributed by atoms with Crippen LogP contribution >= 0.6 is 0 Å². The molecule has 0 saturated heterocycles. The fourth-order valence-electron chi connectivity index (χ4n) is 2.21. The minimum absolute atomic E-state index is 0.184. The topological polar surface area (TPSA) is 41.6 Å². The Bertz CT molecular complexity index is 705. The zero-order chi connectivity index (χ0) is 17.7. The molecule has 0 fully saturated rings. The standard InChI is InChI=1S/C18H20F2N2O2/c1-12(18(23)21-15-7-5-14(19)6-8-15)22(2)11-13-4-9-17(24-3)16(20)10-13/h4-10,12H,11H2,1-3H3,(H,21,23). The normalized spacial score (nSPS) is 12.1. The molecule has 0 heterocycles. The highest BCUT2D eigenvalue weighted by Crippen LogP contribution is 2.19. The number of amides is 1. The predicted molar refractivity (Wildman–Crippen MR) is 88.9 cm³/mol. The van der Waals surface area contributed by atoms with E-state index in [0.29, 0.717) is 12.2 Å². The third-order valence-electron chi connectivity index (χ3n) is 3.80. The lowest BCUT2D eigenvalue weighted by Crippen LogP contribution is -2.39. The summed E-state index contributed by atoms with van der Waals surface area (Å²) in [6.45, 7) is 2.15. The molecule has 1 atom stereocenters. The molecular formula is C18H20F2N2O2. The van der Waals surface area contributed by atoms with Gasteiger partial charge in [-0.25, -0.2) is 8.78 Å². The first-order valence-electron chi connectivity index (χ1n) is 7.50. The molecular weight excluding hydrogens is 314 g/mol. The van der Waals surface area contributed by atoms with E-state index < -0.39 is 11.9 Å². The molecule has 1 N–H and O–H groups in total. The minimum Gasteiger partial charge on any atom is -0.494 e. The van der Waals surface area contributed by atoms with Crippen LogP contribution < -0.4 is 10.1 Å². The van der Waals surface area contributed by atoms with Gasteiger partial charge in [-0.2, -0.15) is 0 Å². The van der Waals surface area contributed by atoms with Crippen LogP contribution in [-0.2, 0) is 11.3 Å². The molecule has 2 aromatic rings. The summed E-state index contributed by atoms with van der Waals surface area (Å²) >= 11 is 0. The van der Waals surface area contributed by atoms with Gasteiger partial charge in [0.05, 0.1) is 13.2 Å². The first kappa shape index (κ1) is 17.9. The van der Waals surface area contributed by atoms with Crippen molar-refractivity contribution in [3.8, 4) is 5.75 Å². The first-order valence-corrected chi connectivity index (χ1v) is 7.50. The van der Waals surface area contributed by atoms with E-state index in [1.165, 1.54) is 37.4 Å². The number of anilines is 1. The minimum atomic E-state index is -0.444. The average Bonchev–Trinajstić information content (AvgIpc) is 2.56. The van der Waals surface area contributed by atoms with Crippen molar-refractivity contribution in [1.29, 1.82) is 0 Å². The maximum atomic E-state index is 13.7. The van der Waals surface area contributed by atoms with Gasteiger partial charge < -0.3 is 10.1 Å². The summed E-state index contributed by atoms with van der Waals surface area (Å²) < 4.78 is 31.5. The number of nitrogens with zero attached hydrogens (tertiary/aromatic N) is 1. The number of halogens is 2. The Morgan fingerprint density at radius 2 is 1.88 bits per heavy atom. The smallest absolute Gasteiger partial charge is 0.241 e. The maximum absolute atomic E-state index is 13.7. The second kappa shape index (κ2) is 7.88. The van der Waals surface area contributed by atoms with E-state index in [0.717, 1.165) is 5.56 Å². The molecule has 1 unspecified atom stereocenters. The molecule has 0 aliphatic rings. The molecule has 2 rings (SSSR count). The number of hydrogen-bond donors (Lipinski definition) is 1. The molecule has 0 spiro atoms. The highest BCUT2D eigenvalue weighted by molar-refractivity contribution is 5.94. The van der Waals surface area contributed by atoms with E-state index in [2.05, 4.69) is 5.32 Å². The van der Waals surface area contributed by atoms with E-state index in [1.807, 2.05) is 0 Å². The van der Waals surface area contributed by atoms with E-state index in [9.17, 15) is 13.6 Å². The molecule has 0 aliphatic heterocycles. The van der Waals surface area contributed by atoms with Crippen LogP contribution in [0.25, 0.3) is 0 Å².